The standard InChI is InChI=1S/C19H21FN2O3/c20-9-11-25-16-6-3-5-15(12-16)21-19(24)22-10-8-14-4-1-2-7-17(14)18(22)13-23/h1-7,12,18,23H,8-11,13H2,(H,21,24)/t18-/m1/s1. The van der Waals surface area contributed by atoms with Gasteiger partial charge in [0.25, 0.3) is 0 Å². The van der Waals surface area contributed by atoms with Gasteiger partial charge in [-0.25, -0.2) is 9.18 Å². The Morgan fingerprint density at radius 2 is 2.12 bits per heavy atom. The summed E-state index contributed by atoms with van der Waals surface area (Å²) in [5, 5.41) is 12.6. The van der Waals surface area contributed by atoms with Crippen molar-refractivity contribution in [1.82, 2.24) is 4.90 Å². The molecule has 132 valence electrons. The Labute approximate surface area is 146 Å². The number of rotatable bonds is 5. The van der Waals surface area contributed by atoms with Crippen LogP contribution in [0.25, 0.3) is 0 Å². The number of carbonyl (C=O) groups is 1. The third kappa shape index (κ3) is 3.91. The van der Waals surface area contributed by atoms with Gasteiger partial charge in [0.2, 0.25) is 0 Å². The van der Waals surface area contributed by atoms with Crippen LogP contribution in [0.3, 0.4) is 0 Å². The zero-order chi connectivity index (χ0) is 17.6. The number of benzene rings is 2. The van der Waals surface area contributed by atoms with Crippen molar-refractivity contribution < 1.29 is 19.0 Å². The number of urea groups is 1. The average molecular weight is 344 g/mol. The number of ether oxygens (including phenoxy) is 1. The van der Waals surface area contributed by atoms with Gasteiger partial charge in [0, 0.05) is 18.3 Å². The molecule has 5 nitrogen and oxygen atoms in total. The van der Waals surface area contributed by atoms with Gasteiger partial charge in [-0.1, -0.05) is 30.3 Å². The first-order valence-electron chi connectivity index (χ1n) is 8.28. The molecule has 1 aliphatic rings. The first kappa shape index (κ1) is 17.2. The Morgan fingerprint density at radius 3 is 2.92 bits per heavy atom. The molecule has 2 aromatic rings. The number of carbonyl (C=O) groups excluding carboxylic acids is 1. The van der Waals surface area contributed by atoms with Crippen LogP contribution in [0.2, 0.25) is 0 Å². The predicted octanol–water partition coefficient (Wildman–Crippen LogP) is 3.16. The number of aliphatic hydroxyl groups is 1. The number of nitrogens with zero attached hydrogens (tertiary/aromatic N) is 1. The quantitative estimate of drug-likeness (QED) is 0.876. The Hall–Kier alpha value is -2.60. The SMILES string of the molecule is O=C(Nc1cccc(OCCF)c1)N1CCc2ccccc2[C@H]1CO. The van der Waals surface area contributed by atoms with Crippen LogP contribution in [0.1, 0.15) is 17.2 Å². The summed E-state index contributed by atoms with van der Waals surface area (Å²) in [6.07, 6.45) is 0.750. The molecule has 1 atom stereocenters. The molecule has 0 spiro atoms. The molecule has 0 aromatic heterocycles. The van der Waals surface area contributed by atoms with E-state index in [0.29, 0.717) is 18.0 Å². The summed E-state index contributed by atoms with van der Waals surface area (Å²) in [5.41, 5.74) is 2.70. The van der Waals surface area contributed by atoms with E-state index in [1.807, 2.05) is 24.3 Å². The number of amides is 2. The van der Waals surface area contributed by atoms with Crippen LogP contribution in [0.5, 0.6) is 5.75 Å². The molecule has 1 aliphatic heterocycles. The van der Waals surface area contributed by atoms with Crippen molar-refractivity contribution in [3.8, 4) is 5.75 Å². The smallest absolute Gasteiger partial charge is 0.322 e. The van der Waals surface area contributed by atoms with E-state index in [-0.39, 0.29) is 25.3 Å². The predicted molar refractivity (Wildman–Crippen MR) is 93.6 cm³/mol. The Morgan fingerprint density at radius 1 is 1.28 bits per heavy atom. The van der Waals surface area contributed by atoms with Crippen molar-refractivity contribution in [1.29, 1.82) is 0 Å². The van der Waals surface area contributed by atoms with Gasteiger partial charge in [0.1, 0.15) is 19.0 Å². The summed E-state index contributed by atoms with van der Waals surface area (Å²) in [7, 11) is 0. The fourth-order valence-corrected chi connectivity index (χ4v) is 3.11. The van der Waals surface area contributed by atoms with Crippen LogP contribution in [-0.4, -0.2) is 42.5 Å². The minimum absolute atomic E-state index is 0.0209. The van der Waals surface area contributed by atoms with E-state index in [4.69, 9.17) is 4.74 Å². The number of hydrogen-bond acceptors (Lipinski definition) is 3. The molecule has 0 saturated heterocycles. The van der Waals surface area contributed by atoms with Gasteiger partial charge in [-0.2, -0.15) is 0 Å². The van der Waals surface area contributed by atoms with Crippen molar-refractivity contribution >= 4 is 11.7 Å². The van der Waals surface area contributed by atoms with E-state index in [2.05, 4.69) is 5.32 Å². The van der Waals surface area contributed by atoms with Crippen LogP contribution in [0.4, 0.5) is 14.9 Å². The van der Waals surface area contributed by atoms with Crippen molar-refractivity contribution in [2.24, 2.45) is 0 Å². The second kappa shape index (κ2) is 7.98. The van der Waals surface area contributed by atoms with Gasteiger partial charge in [-0.05, 0) is 29.7 Å². The highest BCUT2D eigenvalue weighted by Gasteiger charge is 2.30. The number of nitrogens with one attached hydrogen (secondary N) is 1. The first-order valence-corrected chi connectivity index (χ1v) is 8.28. The molecule has 6 heteroatoms. The van der Waals surface area contributed by atoms with E-state index in [1.54, 1.807) is 29.2 Å². The lowest BCUT2D eigenvalue weighted by Crippen LogP contribution is -2.43. The van der Waals surface area contributed by atoms with Crippen molar-refractivity contribution in [3.63, 3.8) is 0 Å². The highest BCUT2D eigenvalue weighted by atomic mass is 19.1. The molecule has 0 aliphatic carbocycles. The Kier molecular flexibility index (Phi) is 5.50. The van der Waals surface area contributed by atoms with Crippen molar-refractivity contribution in [2.45, 2.75) is 12.5 Å². The largest absolute Gasteiger partial charge is 0.491 e. The van der Waals surface area contributed by atoms with Crippen LogP contribution in [-0.2, 0) is 6.42 Å². The number of anilines is 1. The fraction of sp³-hybridized carbons (Fsp3) is 0.316. The average Bonchev–Trinajstić information content (AvgIpc) is 2.65. The number of halogens is 1. The van der Waals surface area contributed by atoms with E-state index >= 15 is 0 Å². The fourth-order valence-electron chi connectivity index (χ4n) is 3.11. The molecule has 25 heavy (non-hydrogen) atoms. The molecule has 1 heterocycles. The summed E-state index contributed by atoms with van der Waals surface area (Å²) >= 11 is 0. The van der Waals surface area contributed by atoms with Gasteiger partial charge >= 0.3 is 6.03 Å². The third-order valence-corrected chi connectivity index (χ3v) is 4.28. The summed E-state index contributed by atoms with van der Waals surface area (Å²) in [4.78, 5) is 14.3. The third-order valence-electron chi connectivity index (χ3n) is 4.28. The molecule has 0 radical (unpaired) electrons. The van der Waals surface area contributed by atoms with Crippen LogP contribution in [0.15, 0.2) is 48.5 Å². The Balaban J connectivity index is 1.73. The maximum atomic E-state index is 12.7. The minimum Gasteiger partial charge on any atom is -0.491 e. The van der Waals surface area contributed by atoms with E-state index < -0.39 is 6.67 Å². The molecular weight excluding hydrogens is 323 g/mol. The summed E-state index contributed by atoms with van der Waals surface area (Å²) in [6, 6.07) is 14.0. The lowest BCUT2D eigenvalue weighted by molar-refractivity contribution is 0.135. The monoisotopic (exact) mass is 344 g/mol. The molecule has 2 amide bonds. The molecule has 0 saturated carbocycles. The molecule has 0 unspecified atom stereocenters. The van der Waals surface area contributed by atoms with Crippen LogP contribution >= 0.6 is 0 Å². The van der Waals surface area contributed by atoms with Crippen LogP contribution in [0, 0.1) is 0 Å². The summed E-state index contributed by atoms with van der Waals surface area (Å²) in [6.45, 7) is -0.189. The van der Waals surface area contributed by atoms with Gasteiger partial charge < -0.3 is 20.1 Å². The zero-order valence-corrected chi connectivity index (χ0v) is 13.8. The second-order valence-corrected chi connectivity index (χ2v) is 5.84. The van der Waals surface area contributed by atoms with Gasteiger partial charge in [0.15, 0.2) is 0 Å². The molecule has 0 bridgehead atoms. The minimum atomic E-state index is -0.568. The number of hydrogen-bond donors (Lipinski definition) is 2. The number of alkyl halides is 1. The highest BCUT2D eigenvalue weighted by Crippen LogP contribution is 2.30. The van der Waals surface area contributed by atoms with Crippen molar-refractivity contribution in [2.75, 3.05) is 31.7 Å². The maximum Gasteiger partial charge on any atom is 0.322 e. The maximum absolute atomic E-state index is 12.7. The molecular formula is C19H21FN2O3. The normalized spacial score (nSPS) is 16.2. The number of fused-ring (bicyclic) bond motifs is 1. The van der Waals surface area contributed by atoms with E-state index in [1.165, 1.54) is 0 Å². The molecule has 2 aromatic carbocycles. The molecule has 3 rings (SSSR count). The Bertz CT molecular complexity index is 738. The lowest BCUT2D eigenvalue weighted by Gasteiger charge is -2.36. The van der Waals surface area contributed by atoms with E-state index in [9.17, 15) is 14.3 Å². The van der Waals surface area contributed by atoms with Crippen LogP contribution < -0.4 is 10.1 Å². The van der Waals surface area contributed by atoms with Crippen molar-refractivity contribution in [3.05, 3.63) is 59.7 Å². The van der Waals surface area contributed by atoms with Gasteiger partial charge in [0.05, 0.1) is 12.6 Å². The summed E-state index contributed by atoms with van der Waals surface area (Å²) in [5.74, 6) is 0.498. The second-order valence-electron chi connectivity index (χ2n) is 5.84. The number of aliphatic hydroxyl groups excluding tert-OH is 1. The molecule has 0 fully saturated rings. The summed E-state index contributed by atoms with van der Waals surface area (Å²) < 4.78 is 17.4. The topological polar surface area (TPSA) is 61.8 Å². The lowest BCUT2D eigenvalue weighted by atomic mass is 9.93. The van der Waals surface area contributed by atoms with E-state index in [0.717, 1.165) is 17.5 Å². The zero-order valence-electron chi connectivity index (χ0n) is 13.8. The van der Waals surface area contributed by atoms with Gasteiger partial charge in [-0.15, -0.1) is 0 Å². The highest BCUT2D eigenvalue weighted by molar-refractivity contribution is 5.90. The van der Waals surface area contributed by atoms with Gasteiger partial charge in [-0.3, -0.25) is 0 Å². The molecule has 2 N–H and O–H groups in total. The first-order chi connectivity index (χ1) is 12.2.